The first-order chi connectivity index (χ1) is 13.2. The van der Waals surface area contributed by atoms with Crippen LogP contribution in [0.2, 0.25) is 0 Å². The first kappa shape index (κ1) is 17.6. The normalized spacial score (nSPS) is 15.8. The standard InChI is InChI=1S/C20H23FN6/c1-22-17-7-10-23-20(25-17)19-18(14-3-5-15(21)6-4-14)24-13-27(19)16-8-11-26(2)12-9-16/h3-7,10,13,16H,8-9,11-12H2,1-2H3,(H,22,23,25). The largest absolute Gasteiger partial charge is 0.373 e. The molecular weight excluding hydrogens is 343 g/mol. The molecule has 7 heteroatoms. The molecule has 1 fully saturated rings. The molecule has 2 aromatic heterocycles. The number of anilines is 1. The third-order valence-corrected chi connectivity index (χ3v) is 5.12. The van der Waals surface area contributed by atoms with E-state index < -0.39 is 0 Å². The Morgan fingerprint density at radius 2 is 1.81 bits per heavy atom. The number of imidazole rings is 1. The Morgan fingerprint density at radius 1 is 1.07 bits per heavy atom. The number of aromatic nitrogens is 4. The second kappa shape index (κ2) is 7.44. The quantitative estimate of drug-likeness (QED) is 0.766. The second-order valence-electron chi connectivity index (χ2n) is 6.91. The van der Waals surface area contributed by atoms with Gasteiger partial charge in [-0.2, -0.15) is 0 Å². The molecule has 0 saturated carbocycles. The Bertz CT molecular complexity index is 912. The van der Waals surface area contributed by atoms with Crippen LogP contribution in [-0.2, 0) is 0 Å². The van der Waals surface area contributed by atoms with E-state index in [1.54, 1.807) is 18.3 Å². The van der Waals surface area contributed by atoms with Gasteiger partial charge in [0.15, 0.2) is 5.82 Å². The zero-order valence-corrected chi connectivity index (χ0v) is 15.6. The van der Waals surface area contributed by atoms with Gasteiger partial charge in [0.05, 0.1) is 12.0 Å². The van der Waals surface area contributed by atoms with Crippen molar-refractivity contribution in [1.82, 2.24) is 24.4 Å². The summed E-state index contributed by atoms with van der Waals surface area (Å²) >= 11 is 0. The van der Waals surface area contributed by atoms with Crippen LogP contribution < -0.4 is 5.32 Å². The average Bonchev–Trinajstić information content (AvgIpc) is 3.14. The SMILES string of the molecule is CNc1ccnc(-c2c(-c3ccc(F)cc3)ncn2C2CCN(C)CC2)n1. The lowest BCUT2D eigenvalue weighted by Gasteiger charge is -2.30. The van der Waals surface area contributed by atoms with E-state index in [1.165, 1.54) is 12.1 Å². The van der Waals surface area contributed by atoms with Gasteiger partial charge in [-0.25, -0.2) is 19.3 Å². The summed E-state index contributed by atoms with van der Waals surface area (Å²) in [4.78, 5) is 16.2. The molecule has 0 radical (unpaired) electrons. The van der Waals surface area contributed by atoms with Gasteiger partial charge >= 0.3 is 0 Å². The second-order valence-corrected chi connectivity index (χ2v) is 6.91. The molecule has 0 unspecified atom stereocenters. The number of halogens is 1. The summed E-state index contributed by atoms with van der Waals surface area (Å²) in [5.41, 5.74) is 2.52. The summed E-state index contributed by atoms with van der Waals surface area (Å²) < 4.78 is 15.6. The first-order valence-electron chi connectivity index (χ1n) is 9.18. The van der Waals surface area contributed by atoms with Crippen LogP contribution >= 0.6 is 0 Å². The number of nitrogens with zero attached hydrogens (tertiary/aromatic N) is 5. The molecule has 1 N–H and O–H groups in total. The minimum atomic E-state index is -0.261. The van der Waals surface area contributed by atoms with Crippen LogP contribution in [0.3, 0.4) is 0 Å². The van der Waals surface area contributed by atoms with Gasteiger partial charge < -0.3 is 14.8 Å². The fraction of sp³-hybridized carbons (Fsp3) is 0.350. The maximum atomic E-state index is 13.4. The molecule has 0 spiro atoms. The van der Waals surface area contributed by atoms with E-state index in [0.29, 0.717) is 11.9 Å². The molecule has 27 heavy (non-hydrogen) atoms. The van der Waals surface area contributed by atoms with Crippen LogP contribution in [0.25, 0.3) is 22.8 Å². The highest BCUT2D eigenvalue weighted by Gasteiger charge is 2.25. The molecular formula is C20H23FN6. The van der Waals surface area contributed by atoms with Gasteiger partial charge in [-0.05, 0) is 63.3 Å². The third kappa shape index (κ3) is 3.55. The summed E-state index contributed by atoms with van der Waals surface area (Å²) in [6.45, 7) is 2.09. The molecule has 1 aliphatic rings. The topological polar surface area (TPSA) is 58.9 Å². The molecule has 140 valence electrons. The molecule has 3 heterocycles. The lowest BCUT2D eigenvalue weighted by Crippen LogP contribution is -2.31. The Labute approximate surface area is 158 Å². The highest BCUT2D eigenvalue weighted by atomic mass is 19.1. The fourth-order valence-electron chi connectivity index (χ4n) is 3.56. The van der Waals surface area contributed by atoms with Crippen molar-refractivity contribution in [3.05, 3.63) is 48.7 Å². The van der Waals surface area contributed by atoms with Crippen LogP contribution in [0.1, 0.15) is 18.9 Å². The first-order valence-corrected chi connectivity index (χ1v) is 9.18. The zero-order chi connectivity index (χ0) is 18.8. The summed E-state index contributed by atoms with van der Waals surface area (Å²) in [6, 6.07) is 8.60. The van der Waals surface area contributed by atoms with Crippen molar-refractivity contribution in [2.75, 3.05) is 32.5 Å². The van der Waals surface area contributed by atoms with Crippen LogP contribution in [-0.4, -0.2) is 51.6 Å². The van der Waals surface area contributed by atoms with Gasteiger partial charge in [0, 0.05) is 24.8 Å². The minimum absolute atomic E-state index is 0.261. The van der Waals surface area contributed by atoms with Crippen LogP contribution in [0, 0.1) is 5.82 Å². The highest BCUT2D eigenvalue weighted by Crippen LogP contribution is 2.34. The smallest absolute Gasteiger partial charge is 0.180 e. The molecule has 1 aliphatic heterocycles. The van der Waals surface area contributed by atoms with E-state index in [2.05, 4.69) is 36.8 Å². The Hall–Kier alpha value is -2.80. The maximum Gasteiger partial charge on any atom is 0.180 e. The van der Waals surface area contributed by atoms with Crippen molar-refractivity contribution in [2.45, 2.75) is 18.9 Å². The molecule has 6 nitrogen and oxygen atoms in total. The molecule has 0 atom stereocenters. The van der Waals surface area contributed by atoms with E-state index in [0.717, 1.165) is 48.7 Å². The molecule has 4 rings (SSSR count). The average molecular weight is 366 g/mol. The van der Waals surface area contributed by atoms with Gasteiger partial charge in [-0.3, -0.25) is 0 Å². The number of benzene rings is 1. The van der Waals surface area contributed by atoms with E-state index in [4.69, 9.17) is 0 Å². The number of likely N-dealkylation sites (tertiary alicyclic amines) is 1. The summed E-state index contributed by atoms with van der Waals surface area (Å²) in [5.74, 6) is 1.11. The maximum absolute atomic E-state index is 13.4. The van der Waals surface area contributed by atoms with Crippen molar-refractivity contribution in [2.24, 2.45) is 0 Å². The van der Waals surface area contributed by atoms with Crippen LogP contribution in [0.4, 0.5) is 10.2 Å². The monoisotopic (exact) mass is 366 g/mol. The summed E-state index contributed by atoms with van der Waals surface area (Å²) in [5, 5.41) is 3.06. The predicted molar refractivity (Wildman–Crippen MR) is 104 cm³/mol. The van der Waals surface area contributed by atoms with E-state index in [1.807, 2.05) is 19.4 Å². The van der Waals surface area contributed by atoms with Gasteiger partial charge in [0.2, 0.25) is 0 Å². The molecule has 3 aromatic rings. The highest BCUT2D eigenvalue weighted by molar-refractivity contribution is 5.75. The Kier molecular flexibility index (Phi) is 4.85. The van der Waals surface area contributed by atoms with Crippen molar-refractivity contribution in [1.29, 1.82) is 0 Å². The van der Waals surface area contributed by atoms with Crippen molar-refractivity contribution < 1.29 is 4.39 Å². The van der Waals surface area contributed by atoms with Gasteiger partial charge in [-0.1, -0.05) is 0 Å². The van der Waals surface area contributed by atoms with Crippen molar-refractivity contribution in [3.8, 4) is 22.8 Å². The number of piperidine rings is 1. The van der Waals surface area contributed by atoms with Gasteiger partial charge in [0.1, 0.15) is 17.3 Å². The zero-order valence-electron chi connectivity index (χ0n) is 15.6. The van der Waals surface area contributed by atoms with Crippen LogP contribution in [0.5, 0.6) is 0 Å². The molecule has 1 saturated heterocycles. The van der Waals surface area contributed by atoms with Gasteiger partial charge in [-0.15, -0.1) is 0 Å². The molecule has 0 amide bonds. The van der Waals surface area contributed by atoms with E-state index >= 15 is 0 Å². The molecule has 1 aromatic carbocycles. The van der Waals surface area contributed by atoms with Gasteiger partial charge in [0.25, 0.3) is 0 Å². The van der Waals surface area contributed by atoms with E-state index in [9.17, 15) is 4.39 Å². The third-order valence-electron chi connectivity index (χ3n) is 5.12. The van der Waals surface area contributed by atoms with Crippen molar-refractivity contribution >= 4 is 5.82 Å². The van der Waals surface area contributed by atoms with Crippen molar-refractivity contribution in [3.63, 3.8) is 0 Å². The summed E-state index contributed by atoms with van der Waals surface area (Å²) in [6.07, 6.45) is 5.72. The molecule has 0 aliphatic carbocycles. The molecule has 0 bridgehead atoms. The fourth-order valence-corrected chi connectivity index (χ4v) is 3.56. The lowest BCUT2D eigenvalue weighted by atomic mass is 10.0. The minimum Gasteiger partial charge on any atom is -0.373 e. The number of rotatable bonds is 4. The lowest BCUT2D eigenvalue weighted by molar-refractivity contribution is 0.222. The number of nitrogens with one attached hydrogen (secondary N) is 1. The number of hydrogen-bond donors (Lipinski definition) is 1. The van der Waals surface area contributed by atoms with E-state index in [-0.39, 0.29) is 5.82 Å². The predicted octanol–water partition coefficient (Wildman–Crippen LogP) is 3.45. The Morgan fingerprint density at radius 3 is 2.52 bits per heavy atom. The number of hydrogen-bond acceptors (Lipinski definition) is 5. The van der Waals surface area contributed by atoms with Crippen LogP contribution in [0.15, 0.2) is 42.9 Å². The summed E-state index contributed by atoms with van der Waals surface area (Å²) in [7, 11) is 3.98. The Balaban J connectivity index is 1.83.